The minimum atomic E-state index is -4.67. The molecule has 0 unspecified atom stereocenters. The summed E-state index contributed by atoms with van der Waals surface area (Å²) in [7, 11) is 7.06. The van der Waals surface area contributed by atoms with Crippen LogP contribution in [0.25, 0.3) is 0 Å². The molecule has 14 nitrogen and oxygen atoms in total. The fourth-order valence-corrected chi connectivity index (χ4v) is 7.55. The van der Waals surface area contributed by atoms with Crippen molar-refractivity contribution in [1.29, 1.82) is 0 Å². The molecule has 0 aliphatic carbocycles. The molecule has 45 heavy (non-hydrogen) atoms. The summed E-state index contributed by atoms with van der Waals surface area (Å²) in [6.45, 7) is 6.78. The van der Waals surface area contributed by atoms with Crippen LogP contribution in [0.3, 0.4) is 0 Å². The highest BCUT2D eigenvalue weighted by molar-refractivity contribution is 7.79. The largest absolute Gasteiger partial charge is 0.412 e. The molecular formula is C30H44N6O8S. The Hall–Kier alpha value is -3.63. The first kappa shape index (κ1) is 34.2. The number of benzene rings is 2. The van der Waals surface area contributed by atoms with Gasteiger partial charge in [0.25, 0.3) is 0 Å². The summed E-state index contributed by atoms with van der Waals surface area (Å²) in [5, 5.41) is 4.95. The number of likely N-dealkylation sites (tertiary alicyclic amines) is 2. The van der Waals surface area contributed by atoms with Gasteiger partial charge in [-0.3, -0.25) is 18.9 Å². The van der Waals surface area contributed by atoms with Crippen LogP contribution in [0, 0.1) is 0 Å². The highest BCUT2D eigenvalue weighted by Gasteiger charge is 2.53. The van der Waals surface area contributed by atoms with Gasteiger partial charge in [-0.1, -0.05) is 13.8 Å². The van der Waals surface area contributed by atoms with Crippen LogP contribution in [-0.4, -0.2) is 107 Å². The van der Waals surface area contributed by atoms with Crippen LogP contribution in [0.5, 0.6) is 11.5 Å². The van der Waals surface area contributed by atoms with E-state index in [4.69, 9.17) is 27.0 Å². The van der Waals surface area contributed by atoms with Crippen molar-refractivity contribution in [2.24, 2.45) is 0 Å². The van der Waals surface area contributed by atoms with Crippen molar-refractivity contribution < 1.29 is 36.6 Å². The third kappa shape index (κ3) is 6.67. The average Bonchev–Trinajstić information content (AvgIpc) is 3.60. The lowest BCUT2D eigenvalue weighted by Crippen LogP contribution is -2.45. The van der Waals surface area contributed by atoms with Crippen LogP contribution >= 0.6 is 0 Å². The van der Waals surface area contributed by atoms with Crippen LogP contribution in [0.15, 0.2) is 36.4 Å². The van der Waals surface area contributed by atoms with E-state index in [-0.39, 0.29) is 10.8 Å². The number of nitrogens with zero attached hydrogens (tertiary/aromatic N) is 4. The molecule has 4 N–H and O–H groups in total. The highest BCUT2D eigenvalue weighted by atomic mass is 32.3. The molecule has 4 aliphatic rings. The number of carbonyl (C=O) groups is 2. The molecule has 2 aromatic rings. The predicted molar refractivity (Wildman–Crippen MR) is 171 cm³/mol. The number of hydrogen-bond acceptors (Lipinski definition) is 10. The average molecular weight is 649 g/mol. The van der Waals surface area contributed by atoms with Crippen molar-refractivity contribution >= 4 is 34.0 Å². The molecule has 0 spiro atoms. The Bertz CT molecular complexity index is 1450. The zero-order valence-corrected chi connectivity index (χ0v) is 27.8. The number of carbonyl (C=O) groups excluding carboxylic acids is 2. The van der Waals surface area contributed by atoms with Gasteiger partial charge in [0.15, 0.2) is 0 Å². The lowest BCUT2D eigenvalue weighted by atomic mass is 9.81. The van der Waals surface area contributed by atoms with Gasteiger partial charge in [-0.2, -0.15) is 8.42 Å². The van der Waals surface area contributed by atoms with E-state index in [1.165, 1.54) is 22.5 Å². The first-order valence-electron chi connectivity index (χ1n) is 14.6. The van der Waals surface area contributed by atoms with Gasteiger partial charge in [0.2, 0.25) is 0 Å². The van der Waals surface area contributed by atoms with Crippen molar-refractivity contribution in [2.45, 2.75) is 49.9 Å². The Morgan fingerprint density at radius 1 is 0.756 bits per heavy atom. The number of nitrogens with one attached hydrogen (secondary N) is 2. The second kappa shape index (κ2) is 12.6. The SMILES string of the molecule is CNC(=O)Oc1ccc2c(c1)[C@]1(C)CCN(C)[C@H]1N2C.CNC(=O)Oc1ccc2c(c1)[C@]1(C)CCN(C)[C@H]1N2C.O=S(=O)(O)O. The van der Waals surface area contributed by atoms with E-state index in [9.17, 15) is 9.59 Å². The zero-order chi connectivity index (χ0) is 33.5. The standard InChI is InChI=1S/2C15H21N3O2.H2O4S/c2*1-15-7-8-17(3)13(15)18(4)12-6-5-10(9-11(12)15)20-14(19)16-2;1-5(2,3)4/h2*5-6,9,13H,7-8H2,1-4H3,(H,16,19);(H2,1,2,3,4)/t2*13-,15-;/m00./s1. The van der Waals surface area contributed by atoms with Gasteiger partial charge in [-0.05, 0) is 74.5 Å². The first-order chi connectivity index (χ1) is 20.9. The summed E-state index contributed by atoms with van der Waals surface area (Å²) >= 11 is 0. The topological polar surface area (TPSA) is 164 Å². The van der Waals surface area contributed by atoms with E-state index >= 15 is 0 Å². The van der Waals surface area contributed by atoms with E-state index in [0.717, 1.165) is 25.9 Å². The van der Waals surface area contributed by atoms with Crippen LogP contribution in [-0.2, 0) is 21.2 Å². The van der Waals surface area contributed by atoms with Crippen molar-refractivity contribution in [2.75, 3.05) is 65.2 Å². The van der Waals surface area contributed by atoms with Gasteiger partial charge in [0, 0.05) is 63.5 Å². The van der Waals surface area contributed by atoms with Crippen LogP contribution in [0.2, 0.25) is 0 Å². The number of rotatable bonds is 2. The maximum atomic E-state index is 11.4. The molecule has 2 fully saturated rings. The lowest BCUT2D eigenvalue weighted by molar-refractivity contribution is 0.202. The smallest absolute Gasteiger partial charge is 0.410 e. The number of ether oxygens (including phenoxy) is 2. The molecule has 4 aliphatic heterocycles. The van der Waals surface area contributed by atoms with Gasteiger partial charge < -0.3 is 29.9 Å². The summed E-state index contributed by atoms with van der Waals surface area (Å²) in [6, 6.07) is 11.8. The van der Waals surface area contributed by atoms with Crippen LogP contribution < -0.4 is 29.9 Å². The van der Waals surface area contributed by atoms with E-state index in [2.05, 4.69) is 72.3 Å². The highest BCUT2D eigenvalue weighted by Crippen LogP contribution is 2.52. The third-order valence-electron chi connectivity index (χ3n) is 9.43. The molecule has 0 saturated carbocycles. The number of fused-ring (bicyclic) bond motifs is 6. The predicted octanol–water partition coefficient (Wildman–Crippen LogP) is 2.90. The van der Waals surface area contributed by atoms with Crippen molar-refractivity contribution in [1.82, 2.24) is 20.4 Å². The second-order valence-corrected chi connectivity index (χ2v) is 13.2. The van der Waals surface area contributed by atoms with E-state index in [1.807, 2.05) is 36.4 Å². The molecule has 0 bridgehead atoms. The van der Waals surface area contributed by atoms with E-state index in [1.54, 1.807) is 14.1 Å². The van der Waals surface area contributed by atoms with Gasteiger partial charge >= 0.3 is 22.6 Å². The molecule has 4 atom stereocenters. The monoisotopic (exact) mass is 648 g/mol. The Labute approximate surface area is 264 Å². The Kier molecular flexibility index (Phi) is 9.62. The second-order valence-electron chi connectivity index (χ2n) is 12.4. The number of amides is 2. The molecular weight excluding hydrogens is 604 g/mol. The Balaban J connectivity index is 0.000000179. The quantitative estimate of drug-likeness (QED) is 0.353. The molecule has 0 aromatic heterocycles. The summed E-state index contributed by atoms with van der Waals surface area (Å²) < 4.78 is 42.1. The van der Waals surface area contributed by atoms with Gasteiger partial charge in [0.05, 0.1) is 12.3 Å². The molecule has 0 radical (unpaired) electrons. The summed E-state index contributed by atoms with van der Waals surface area (Å²) in [6.07, 6.45) is 2.15. The fourth-order valence-electron chi connectivity index (χ4n) is 7.55. The summed E-state index contributed by atoms with van der Waals surface area (Å²) in [5.74, 6) is 1.21. The number of likely N-dealkylation sites (N-methyl/N-ethyl adjacent to an activating group) is 4. The molecule has 6 rings (SSSR count). The van der Waals surface area contributed by atoms with Crippen molar-refractivity contribution in [3.8, 4) is 11.5 Å². The van der Waals surface area contributed by atoms with Gasteiger partial charge in [-0.15, -0.1) is 0 Å². The van der Waals surface area contributed by atoms with E-state index in [0.29, 0.717) is 23.8 Å². The van der Waals surface area contributed by atoms with Crippen molar-refractivity contribution in [3.63, 3.8) is 0 Å². The molecule has 15 heteroatoms. The third-order valence-corrected chi connectivity index (χ3v) is 9.43. The first-order valence-corrected chi connectivity index (χ1v) is 16.0. The van der Waals surface area contributed by atoms with Crippen LogP contribution in [0.4, 0.5) is 21.0 Å². The van der Waals surface area contributed by atoms with Crippen molar-refractivity contribution in [3.05, 3.63) is 47.5 Å². The Morgan fingerprint density at radius 3 is 1.40 bits per heavy atom. The Morgan fingerprint density at radius 2 is 1.09 bits per heavy atom. The maximum absolute atomic E-state index is 11.4. The van der Waals surface area contributed by atoms with Gasteiger partial charge in [-0.25, -0.2) is 9.59 Å². The minimum Gasteiger partial charge on any atom is -0.410 e. The summed E-state index contributed by atoms with van der Waals surface area (Å²) in [4.78, 5) is 32.1. The molecule has 4 heterocycles. The lowest BCUT2D eigenvalue weighted by Gasteiger charge is -2.32. The molecule has 2 aromatic carbocycles. The summed E-state index contributed by atoms with van der Waals surface area (Å²) in [5.41, 5.74) is 5.20. The zero-order valence-electron chi connectivity index (χ0n) is 27.0. The van der Waals surface area contributed by atoms with E-state index < -0.39 is 22.6 Å². The molecule has 2 amide bonds. The minimum absolute atomic E-state index is 0.0981. The normalized spacial score (nSPS) is 26.4. The number of hydrogen-bond donors (Lipinski definition) is 4. The molecule has 2 saturated heterocycles. The maximum Gasteiger partial charge on any atom is 0.412 e. The fraction of sp³-hybridized carbons (Fsp3) is 0.533. The molecule has 248 valence electrons. The van der Waals surface area contributed by atoms with Crippen LogP contribution in [0.1, 0.15) is 37.8 Å². The van der Waals surface area contributed by atoms with Gasteiger partial charge in [0.1, 0.15) is 11.5 Å². The number of anilines is 2.